The quantitative estimate of drug-likeness (QED) is 0.880. The molecule has 1 aliphatic rings. The number of hydrogen-bond acceptors (Lipinski definition) is 3. The normalized spacial score (nSPS) is 28.1. The zero-order valence-corrected chi connectivity index (χ0v) is 11.2. The minimum atomic E-state index is -0.968. The van der Waals surface area contributed by atoms with Crippen LogP contribution in [0, 0.1) is 5.82 Å². The first-order valence-corrected chi connectivity index (χ1v) is 6.40. The molecule has 0 radical (unpaired) electrons. The monoisotopic (exact) mass is 266 g/mol. The highest BCUT2D eigenvalue weighted by atomic mass is 19.1. The molecule has 0 aliphatic carbocycles. The van der Waals surface area contributed by atoms with E-state index >= 15 is 0 Å². The number of aliphatic carboxylic acids is 1. The minimum Gasteiger partial charge on any atom is -0.480 e. The summed E-state index contributed by atoms with van der Waals surface area (Å²) in [6, 6.07) is 6.00. The molecule has 4 nitrogen and oxygen atoms in total. The summed E-state index contributed by atoms with van der Waals surface area (Å²) in [5, 5.41) is 12.6. The molecule has 2 N–H and O–H groups in total. The van der Waals surface area contributed by atoms with Crippen LogP contribution in [-0.4, -0.2) is 41.1 Å². The van der Waals surface area contributed by atoms with Crippen LogP contribution >= 0.6 is 0 Å². The van der Waals surface area contributed by atoms with Crippen LogP contribution in [0.2, 0.25) is 0 Å². The van der Waals surface area contributed by atoms with E-state index in [1.54, 1.807) is 12.1 Å². The van der Waals surface area contributed by atoms with E-state index in [-0.39, 0.29) is 11.9 Å². The van der Waals surface area contributed by atoms with Crippen molar-refractivity contribution >= 4 is 11.7 Å². The maximum Gasteiger partial charge on any atom is 0.329 e. The fourth-order valence-corrected chi connectivity index (χ4v) is 2.52. The van der Waals surface area contributed by atoms with E-state index in [1.165, 1.54) is 12.1 Å². The van der Waals surface area contributed by atoms with Crippen molar-refractivity contribution < 1.29 is 14.3 Å². The number of carboxylic acids is 1. The lowest BCUT2D eigenvalue weighted by molar-refractivity contribution is -0.144. The van der Waals surface area contributed by atoms with Crippen molar-refractivity contribution in [3.05, 3.63) is 30.1 Å². The molecule has 0 aromatic heterocycles. The number of piperidine rings is 1. The van der Waals surface area contributed by atoms with E-state index < -0.39 is 11.5 Å². The van der Waals surface area contributed by atoms with Crippen LogP contribution in [-0.2, 0) is 4.79 Å². The molecule has 1 aliphatic heterocycles. The first-order chi connectivity index (χ1) is 8.93. The molecule has 1 saturated heterocycles. The molecule has 2 rings (SSSR count). The molecule has 2 atom stereocenters. The SMILES string of the molecule is CC1CC(Nc2ccc(F)cc2)(C(=O)O)CCN1C. The zero-order valence-electron chi connectivity index (χ0n) is 11.2. The molecule has 0 amide bonds. The molecule has 2 unspecified atom stereocenters. The van der Waals surface area contributed by atoms with Crippen molar-refractivity contribution in [2.45, 2.75) is 31.3 Å². The number of nitrogens with zero attached hydrogens (tertiary/aromatic N) is 1. The van der Waals surface area contributed by atoms with E-state index in [0.717, 1.165) is 6.54 Å². The summed E-state index contributed by atoms with van der Waals surface area (Å²) in [4.78, 5) is 13.8. The fraction of sp³-hybridized carbons (Fsp3) is 0.500. The third-order valence-electron chi connectivity index (χ3n) is 3.92. The lowest BCUT2D eigenvalue weighted by Gasteiger charge is -2.42. The van der Waals surface area contributed by atoms with Crippen LogP contribution in [0.3, 0.4) is 0 Å². The Bertz CT molecular complexity index is 463. The molecule has 1 heterocycles. The number of halogens is 1. The second kappa shape index (κ2) is 5.17. The number of hydrogen-bond donors (Lipinski definition) is 2. The minimum absolute atomic E-state index is 0.192. The average molecular weight is 266 g/mol. The Balaban J connectivity index is 2.21. The summed E-state index contributed by atoms with van der Waals surface area (Å²) in [7, 11) is 1.99. The standard InChI is InChI=1S/C14H19FN2O2/c1-10-9-14(13(18)19,7-8-17(10)2)16-12-5-3-11(15)4-6-12/h3-6,10,16H,7-9H2,1-2H3,(H,18,19). The molecule has 104 valence electrons. The maximum absolute atomic E-state index is 12.9. The second-order valence-corrected chi connectivity index (χ2v) is 5.30. The molecule has 19 heavy (non-hydrogen) atoms. The first kappa shape index (κ1) is 13.8. The maximum atomic E-state index is 12.9. The lowest BCUT2D eigenvalue weighted by atomic mass is 9.83. The number of carboxylic acid groups (broad SMARTS) is 1. The van der Waals surface area contributed by atoms with Crippen LogP contribution in [0.4, 0.5) is 10.1 Å². The molecule has 5 heteroatoms. The van der Waals surface area contributed by atoms with Gasteiger partial charge in [-0.2, -0.15) is 0 Å². The summed E-state index contributed by atoms with van der Waals surface area (Å²) in [6.45, 7) is 2.74. The highest BCUT2D eigenvalue weighted by Gasteiger charge is 2.43. The van der Waals surface area contributed by atoms with Crippen LogP contribution in [0.15, 0.2) is 24.3 Å². The lowest BCUT2D eigenvalue weighted by Crippen LogP contribution is -2.56. The van der Waals surface area contributed by atoms with Crippen molar-refractivity contribution in [1.82, 2.24) is 4.90 Å². The van der Waals surface area contributed by atoms with Gasteiger partial charge < -0.3 is 15.3 Å². The second-order valence-electron chi connectivity index (χ2n) is 5.30. The van der Waals surface area contributed by atoms with E-state index in [0.29, 0.717) is 18.5 Å². The topological polar surface area (TPSA) is 52.6 Å². The summed E-state index contributed by atoms with van der Waals surface area (Å²) >= 11 is 0. The Morgan fingerprint density at radius 2 is 2.11 bits per heavy atom. The van der Waals surface area contributed by atoms with Gasteiger partial charge in [-0.15, -0.1) is 0 Å². The van der Waals surface area contributed by atoms with Gasteiger partial charge in [0.2, 0.25) is 0 Å². The number of anilines is 1. The Kier molecular flexibility index (Phi) is 3.75. The Labute approximate surface area is 112 Å². The van der Waals surface area contributed by atoms with Crippen molar-refractivity contribution in [1.29, 1.82) is 0 Å². The zero-order chi connectivity index (χ0) is 14.0. The van der Waals surface area contributed by atoms with Gasteiger partial charge in [-0.1, -0.05) is 0 Å². The highest BCUT2D eigenvalue weighted by molar-refractivity contribution is 5.83. The van der Waals surface area contributed by atoms with Gasteiger partial charge in [-0.25, -0.2) is 9.18 Å². The molecule has 1 aromatic carbocycles. The third-order valence-corrected chi connectivity index (χ3v) is 3.92. The Morgan fingerprint density at radius 1 is 1.47 bits per heavy atom. The van der Waals surface area contributed by atoms with Gasteiger partial charge in [0.05, 0.1) is 0 Å². The van der Waals surface area contributed by atoms with Crippen LogP contribution in [0.5, 0.6) is 0 Å². The van der Waals surface area contributed by atoms with Gasteiger partial charge in [-0.05, 0) is 51.1 Å². The smallest absolute Gasteiger partial charge is 0.329 e. The molecular formula is C14H19FN2O2. The van der Waals surface area contributed by atoms with Crippen molar-refractivity contribution in [3.8, 4) is 0 Å². The summed E-state index contributed by atoms with van der Waals surface area (Å²) < 4.78 is 12.9. The first-order valence-electron chi connectivity index (χ1n) is 6.40. The Hall–Kier alpha value is -1.62. The van der Waals surface area contributed by atoms with Gasteiger partial charge in [-0.3, -0.25) is 0 Å². The largest absolute Gasteiger partial charge is 0.480 e. The molecular weight excluding hydrogens is 247 g/mol. The summed E-state index contributed by atoms with van der Waals surface area (Å²) in [5.74, 6) is -1.18. The molecule has 0 spiro atoms. The third kappa shape index (κ3) is 2.87. The fourth-order valence-electron chi connectivity index (χ4n) is 2.52. The van der Waals surface area contributed by atoms with Crippen molar-refractivity contribution in [2.24, 2.45) is 0 Å². The number of likely N-dealkylation sites (tertiary alicyclic amines) is 1. The van der Waals surface area contributed by atoms with E-state index in [2.05, 4.69) is 10.2 Å². The number of rotatable bonds is 3. The predicted octanol–water partition coefficient (Wildman–Crippen LogP) is 2.18. The molecule has 0 bridgehead atoms. The van der Waals surface area contributed by atoms with Crippen LogP contribution in [0.25, 0.3) is 0 Å². The number of benzene rings is 1. The van der Waals surface area contributed by atoms with Crippen molar-refractivity contribution in [3.63, 3.8) is 0 Å². The highest BCUT2D eigenvalue weighted by Crippen LogP contribution is 2.30. The van der Waals surface area contributed by atoms with Crippen molar-refractivity contribution in [2.75, 3.05) is 18.9 Å². The van der Waals surface area contributed by atoms with Crippen LogP contribution < -0.4 is 5.32 Å². The van der Waals surface area contributed by atoms with E-state index in [4.69, 9.17) is 0 Å². The van der Waals surface area contributed by atoms with E-state index in [1.807, 2.05) is 14.0 Å². The molecule has 0 saturated carbocycles. The number of carbonyl (C=O) groups is 1. The van der Waals surface area contributed by atoms with Gasteiger partial charge in [0.25, 0.3) is 0 Å². The average Bonchev–Trinajstić information content (AvgIpc) is 2.37. The summed E-state index contributed by atoms with van der Waals surface area (Å²) in [6.07, 6.45) is 1.05. The van der Waals surface area contributed by atoms with Gasteiger partial charge in [0.15, 0.2) is 0 Å². The summed E-state index contributed by atoms with van der Waals surface area (Å²) in [5.41, 5.74) is -0.329. The number of nitrogens with one attached hydrogen (secondary N) is 1. The van der Waals surface area contributed by atoms with Crippen LogP contribution in [0.1, 0.15) is 19.8 Å². The predicted molar refractivity (Wildman–Crippen MR) is 71.7 cm³/mol. The Morgan fingerprint density at radius 3 is 2.63 bits per heavy atom. The van der Waals surface area contributed by atoms with Gasteiger partial charge in [0, 0.05) is 18.3 Å². The molecule has 1 fully saturated rings. The van der Waals surface area contributed by atoms with E-state index in [9.17, 15) is 14.3 Å². The van der Waals surface area contributed by atoms with Gasteiger partial charge in [0.1, 0.15) is 11.4 Å². The molecule has 1 aromatic rings. The van der Waals surface area contributed by atoms with Gasteiger partial charge >= 0.3 is 5.97 Å².